The maximum atomic E-state index is 5.30. The Morgan fingerprint density at radius 2 is 1.58 bits per heavy atom. The Kier molecular flexibility index (Phi) is 5.24. The van der Waals surface area contributed by atoms with Gasteiger partial charge in [-0.05, 0) is 30.2 Å². The molecule has 0 saturated carbocycles. The molecule has 1 aromatic carbocycles. The summed E-state index contributed by atoms with van der Waals surface area (Å²) in [6, 6.07) is 15.5. The van der Waals surface area contributed by atoms with E-state index in [-0.39, 0.29) is 0 Å². The molecule has 0 spiro atoms. The number of rotatable bonds is 2. The molecule has 0 aliphatic heterocycles. The third kappa shape index (κ3) is 5.08. The maximum absolute atomic E-state index is 5.30. The van der Waals surface area contributed by atoms with Crippen molar-refractivity contribution in [3.05, 3.63) is 66.0 Å². The normalized spacial score (nSPS) is 8.84. The molecule has 0 aliphatic carbocycles. The van der Waals surface area contributed by atoms with Crippen molar-refractivity contribution in [3.8, 4) is 23.7 Å². The van der Waals surface area contributed by atoms with Crippen molar-refractivity contribution in [2.45, 2.75) is 0 Å². The molecule has 0 unspecified atom stereocenters. The highest BCUT2D eigenvalue weighted by Crippen LogP contribution is 1.94. The van der Waals surface area contributed by atoms with E-state index in [1.165, 1.54) is 0 Å². The van der Waals surface area contributed by atoms with Crippen LogP contribution in [0.4, 0.5) is 0 Å². The predicted molar refractivity (Wildman–Crippen MR) is 75.3 cm³/mol. The van der Waals surface area contributed by atoms with E-state index in [1.54, 1.807) is 6.20 Å². The van der Waals surface area contributed by atoms with Crippen LogP contribution in [0, 0.1) is 23.7 Å². The summed E-state index contributed by atoms with van der Waals surface area (Å²) in [6.45, 7) is 0.742. The van der Waals surface area contributed by atoms with Crippen molar-refractivity contribution in [1.29, 1.82) is 0 Å². The fourth-order valence-electron chi connectivity index (χ4n) is 1.38. The highest BCUT2D eigenvalue weighted by Gasteiger charge is 1.84. The van der Waals surface area contributed by atoms with E-state index < -0.39 is 0 Å². The van der Waals surface area contributed by atoms with Crippen LogP contribution in [0.2, 0.25) is 0 Å². The van der Waals surface area contributed by atoms with Gasteiger partial charge >= 0.3 is 0 Å². The molecule has 1 aromatic heterocycles. The van der Waals surface area contributed by atoms with Gasteiger partial charge in [0.05, 0.1) is 0 Å². The molecular weight excluding hydrogens is 234 g/mol. The third-order valence-corrected chi connectivity index (χ3v) is 2.24. The van der Waals surface area contributed by atoms with Crippen molar-refractivity contribution in [3.63, 3.8) is 0 Å². The lowest BCUT2D eigenvalue weighted by molar-refractivity contribution is 0.204. The molecule has 0 N–H and O–H groups in total. The second kappa shape index (κ2) is 7.71. The van der Waals surface area contributed by atoms with Gasteiger partial charge in [-0.3, -0.25) is 0 Å². The minimum atomic E-state index is 0.361. The molecule has 2 nitrogen and oxygen atoms in total. The first-order chi connectivity index (χ1) is 9.45. The quantitative estimate of drug-likeness (QED) is 0.601. The fraction of sp³-hybridized carbons (Fsp3) is 0.118. The maximum Gasteiger partial charge on any atom is 0.113 e. The fourth-order valence-corrected chi connectivity index (χ4v) is 1.38. The van der Waals surface area contributed by atoms with Crippen LogP contribution >= 0.6 is 0 Å². The highest BCUT2D eigenvalue weighted by atomic mass is 16.5. The summed E-state index contributed by atoms with van der Waals surface area (Å²) in [7, 11) is 0. The van der Waals surface area contributed by atoms with Crippen LogP contribution in [-0.4, -0.2) is 18.2 Å². The minimum absolute atomic E-state index is 0.361. The van der Waals surface area contributed by atoms with Gasteiger partial charge in [0.1, 0.15) is 18.9 Å². The Hall–Kier alpha value is -2.55. The average molecular weight is 247 g/mol. The van der Waals surface area contributed by atoms with E-state index in [4.69, 9.17) is 4.74 Å². The summed E-state index contributed by atoms with van der Waals surface area (Å²) >= 11 is 0. The lowest BCUT2D eigenvalue weighted by Gasteiger charge is -1.91. The smallest absolute Gasteiger partial charge is 0.113 e. The lowest BCUT2D eigenvalue weighted by atomic mass is 10.2. The summed E-state index contributed by atoms with van der Waals surface area (Å²) in [5.41, 5.74) is 1.74. The Balaban J connectivity index is 1.71. The zero-order valence-electron chi connectivity index (χ0n) is 10.5. The predicted octanol–water partition coefficient (Wildman–Crippen LogP) is 2.50. The van der Waals surface area contributed by atoms with Crippen molar-refractivity contribution in [2.75, 3.05) is 13.2 Å². The second-order valence-electron chi connectivity index (χ2n) is 3.68. The Morgan fingerprint density at radius 1 is 0.842 bits per heavy atom. The van der Waals surface area contributed by atoms with E-state index in [0.717, 1.165) is 11.3 Å². The largest absolute Gasteiger partial charge is 0.356 e. The number of nitrogens with zero attached hydrogens (tertiary/aromatic N) is 1. The monoisotopic (exact) mass is 247 g/mol. The molecule has 92 valence electrons. The number of hydrogen-bond donors (Lipinski definition) is 0. The first-order valence-electron chi connectivity index (χ1n) is 5.97. The molecule has 0 bridgehead atoms. The van der Waals surface area contributed by atoms with Crippen molar-refractivity contribution in [2.24, 2.45) is 0 Å². The molecule has 0 radical (unpaired) electrons. The number of pyridine rings is 1. The van der Waals surface area contributed by atoms with Gasteiger partial charge in [0.15, 0.2) is 0 Å². The van der Waals surface area contributed by atoms with Crippen LogP contribution < -0.4 is 0 Å². The second-order valence-corrected chi connectivity index (χ2v) is 3.68. The molecule has 0 saturated heterocycles. The first-order valence-corrected chi connectivity index (χ1v) is 5.97. The zero-order chi connectivity index (χ0) is 13.2. The molecule has 0 fully saturated rings. The molecule has 2 aromatic rings. The highest BCUT2D eigenvalue weighted by molar-refractivity contribution is 5.33. The van der Waals surface area contributed by atoms with Crippen LogP contribution in [-0.2, 0) is 4.74 Å². The van der Waals surface area contributed by atoms with Crippen molar-refractivity contribution < 1.29 is 4.74 Å². The summed E-state index contributed by atoms with van der Waals surface area (Å²) in [5, 5.41) is 0. The molecule has 19 heavy (non-hydrogen) atoms. The molecule has 2 rings (SSSR count). The summed E-state index contributed by atoms with van der Waals surface area (Å²) in [5.74, 6) is 11.8. The van der Waals surface area contributed by atoms with E-state index in [9.17, 15) is 0 Å². The standard InChI is InChI=1S/C17H13NO/c1-2-8-16(9-3-1)10-6-14-19-15-7-12-17-11-4-5-13-18-17/h1-5,8-9,11,13H,14-15H2. The molecule has 0 amide bonds. The summed E-state index contributed by atoms with van der Waals surface area (Å²) in [6.07, 6.45) is 1.72. The Morgan fingerprint density at radius 3 is 2.32 bits per heavy atom. The molecule has 0 aliphatic rings. The molecule has 0 atom stereocenters. The van der Waals surface area contributed by atoms with Gasteiger partial charge in [-0.15, -0.1) is 0 Å². The van der Waals surface area contributed by atoms with E-state index in [2.05, 4.69) is 28.7 Å². The third-order valence-electron chi connectivity index (χ3n) is 2.24. The number of aromatic nitrogens is 1. The van der Waals surface area contributed by atoms with Gasteiger partial charge in [0.2, 0.25) is 0 Å². The van der Waals surface area contributed by atoms with E-state index in [1.807, 2.05) is 48.5 Å². The van der Waals surface area contributed by atoms with Gasteiger partial charge in [0.25, 0.3) is 0 Å². The van der Waals surface area contributed by atoms with Gasteiger partial charge in [-0.25, -0.2) is 4.98 Å². The lowest BCUT2D eigenvalue weighted by Crippen LogP contribution is -1.91. The Bertz CT molecular complexity index is 555. The summed E-state index contributed by atoms with van der Waals surface area (Å²) < 4.78 is 5.30. The molecular formula is C17H13NO. The van der Waals surface area contributed by atoms with Crippen LogP contribution in [0.1, 0.15) is 11.3 Å². The number of hydrogen-bond acceptors (Lipinski definition) is 2. The molecule has 2 heteroatoms. The number of benzene rings is 1. The van der Waals surface area contributed by atoms with Gasteiger partial charge in [0, 0.05) is 11.8 Å². The molecule has 1 heterocycles. The average Bonchev–Trinajstić information content (AvgIpc) is 2.48. The van der Waals surface area contributed by atoms with Gasteiger partial charge in [-0.1, -0.05) is 42.0 Å². The topological polar surface area (TPSA) is 22.1 Å². The van der Waals surface area contributed by atoms with Crippen molar-refractivity contribution >= 4 is 0 Å². The van der Waals surface area contributed by atoms with Crippen LogP contribution in [0.15, 0.2) is 54.7 Å². The van der Waals surface area contributed by atoms with Gasteiger partial charge in [-0.2, -0.15) is 0 Å². The van der Waals surface area contributed by atoms with Crippen LogP contribution in [0.3, 0.4) is 0 Å². The Labute approximate surface area is 113 Å². The minimum Gasteiger partial charge on any atom is -0.356 e. The van der Waals surface area contributed by atoms with E-state index >= 15 is 0 Å². The van der Waals surface area contributed by atoms with Crippen LogP contribution in [0.25, 0.3) is 0 Å². The van der Waals surface area contributed by atoms with Crippen LogP contribution in [0.5, 0.6) is 0 Å². The zero-order valence-corrected chi connectivity index (χ0v) is 10.5. The first kappa shape index (κ1) is 12.9. The SMILES string of the molecule is C(#Cc1ccccc1)COCC#Cc1ccccn1. The van der Waals surface area contributed by atoms with Crippen molar-refractivity contribution in [1.82, 2.24) is 4.98 Å². The van der Waals surface area contributed by atoms with E-state index in [0.29, 0.717) is 13.2 Å². The van der Waals surface area contributed by atoms with Gasteiger partial charge < -0.3 is 4.74 Å². The summed E-state index contributed by atoms with van der Waals surface area (Å²) in [4.78, 5) is 4.10. The number of ether oxygens (including phenoxy) is 1.